The Morgan fingerprint density at radius 2 is 1.90 bits per heavy atom. The predicted octanol–water partition coefficient (Wildman–Crippen LogP) is 7.02. The highest BCUT2D eigenvalue weighted by Gasteiger charge is 2.18. The second-order valence-electron chi connectivity index (χ2n) is 10.2. The minimum absolute atomic E-state index is 0.148. The number of piperidine rings is 1. The molecule has 9 heteroatoms. The number of rotatable bonds is 11. The van der Waals surface area contributed by atoms with Crippen LogP contribution in [0.4, 0.5) is 0 Å². The fourth-order valence-corrected chi connectivity index (χ4v) is 5.43. The summed E-state index contributed by atoms with van der Waals surface area (Å²) in [5.41, 5.74) is 3.09. The van der Waals surface area contributed by atoms with E-state index in [1.807, 2.05) is 30.3 Å². The van der Waals surface area contributed by atoms with Gasteiger partial charge in [-0.25, -0.2) is 4.98 Å². The first-order valence-electron chi connectivity index (χ1n) is 13.8. The molecule has 0 aliphatic carbocycles. The number of imidazole rings is 1. The van der Waals surface area contributed by atoms with Crippen LogP contribution < -0.4 is 14.8 Å². The molecule has 4 aromatic rings. The maximum absolute atomic E-state index is 13.0. The van der Waals surface area contributed by atoms with Gasteiger partial charge in [0, 0.05) is 40.3 Å². The fourth-order valence-electron chi connectivity index (χ4n) is 4.97. The third-order valence-electron chi connectivity index (χ3n) is 7.26. The van der Waals surface area contributed by atoms with Crippen LogP contribution >= 0.6 is 23.2 Å². The van der Waals surface area contributed by atoms with Gasteiger partial charge in [-0.05, 0) is 75.2 Å². The number of fused-ring (bicyclic) bond motifs is 1. The number of hydrogen-bond donors (Lipinski definition) is 2. The van der Waals surface area contributed by atoms with Crippen LogP contribution in [0.25, 0.3) is 11.0 Å². The smallest absolute Gasteiger partial charge is 0.251 e. The molecule has 1 aliphatic heterocycles. The van der Waals surface area contributed by atoms with Crippen LogP contribution in [0, 0.1) is 0 Å². The number of benzene rings is 3. The lowest BCUT2D eigenvalue weighted by Gasteiger charge is -2.33. The van der Waals surface area contributed by atoms with Gasteiger partial charge in [-0.15, -0.1) is 0 Å². The van der Waals surface area contributed by atoms with E-state index in [9.17, 15) is 4.79 Å². The van der Waals surface area contributed by atoms with Crippen molar-refractivity contribution in [2.45, 2.75) is 51.9 Å². The molecular formula is C31H34Cl2N4O3. The molecule has 1 amide bonds. The Hall–Kier alpha value is -3.26. The van der Waals surface area contributed by atoms with Crippen LogP contribution in [0.1, 0.15) is 54.4 Å². The van der Waals surface area contributed by atoms with Gasteiger partial charge in [0.15, 0.2) is 11.5 Å². The molecule has 2 N–H and O–H groups in total. The molecule has 5 rings (SSSR count). The number of carbonyl (C=O) groups is 1. The average Bonchev–Trinajstić information content (AvgIpc) is 3.38. The number of halogens is 2. The van der Waals surface area contributed by atoms with Gasteiger partial charge in [-0.3, -0.25) is 4.79 Å². The third-order valence-corrected chi connectivity index (χ3v) is 7.84. The molecule has 1 unspecified atom stereocenters. The van der Waals surface area contributed by atoms with Crippen molar-refractivity contribution in [3.05, 3.63) is 87.7 Å². The van der Waals surface area contributed by atoms with Crippen molar-refractivity contribution in [1.29, 1.82) is 0 Å². The van der Waals surface area contributed by atoms with Crippen molar-refractivity contribution in [3.8, 4) is 11.5 Å². The lowest BCUT2D eigenvalue weighted by Crippen LogP contribution is -2.39. The number of aromatic nitrogens is 2. The Balaban J connectivity index is 1.25. The Morgan fingerprint density at radius 1 is 1.05 bits per heavy atom. The molecule has 3 aromatic carbocycles. The first-order valence-corrected chi connectivity index (χ1v) is 14.5. The fraction of sp³-hybridized carbons (Fsp3) is 0.355. The van der Waals surface area contributed by atoms with E-state index in [-0.39, 0.29) is 19.1 Å². The summed E-state index contributed by atoms with van der Waals surface area (Å²) in [6.45, 7) is 5.44. The van der Waals surface area contributed by atoms with E-state index in [0.29, 0.717) is 45.5 Å². The number of nitrogens with one attached hydrogen (secondary N) is 2. The molecule has 1 aromatic heterocycles. The molecule has 1 fully saturated rings. The van der Waals surface area contributed by atoms with Gasteiger partial charge in [-0.1, -0.05) is 47.8 Å². The average molecular weight is 582 g/mol. The molecular weight excluding hydrogens is 547 g/mol. The van der Waals surface area contributed by atoms with Crippen molar-refractivity contribution >= 4 is 40.1 Å². The summed E-state index contributed by atoms with van der Waals surface area (Å²) in [5, 5.41) is 4.11. The van der Waals surface area contributed by atoms with Gasteiger partial charge in [0.05, 0.1) is 11.0 Å². The van der Waals surface area contributed by atoms with Gasteiger partial charge in [-0.2, -0.15) is 0 Å². The van der Waals surface area contributed by atoms with Crippen molar-refractivity contribution in [1.82, 2.24) is 20.2 Å². The largest absolute Gasteiger partial charge is 0.485 e. The second-order valence-corrected chi connectivity index (χ2v) is 11.0. The summed E-state index contributed by atoms with van der Waals surface area (Å²) in [6, 6.07) is 18.9. The highest BCUT2D eigenvalue weighted by molar-refractivity contribution is 6.35. The topological polar surface area (TPSA) is 79.5 Å². The van der Waals surface area contributed by atoms with Crippen LogP contribution in [0.3, 0.4) is 0 Å². The van der Waals surface area contributed by atoms with E-state index in [4.69, 9.17) is 32.7 Å². The standard InChI is InChI=1S/C31H34Cl2N4O3/c1-21-7-4-5-15-37(21)16-6-14-34-31(38)22-11-13-28(40-20-30-35-26-8-2-3-9-27(26)36-30)29(17-22)39-19-23-10-12-24(32)18-25(23)33/h2-3,8-13,17-18,21H,4-7,14-16,19-20H2,1H3,(H,34,38)(H,35,36). The number of ether oxygens (including phenoxy) is 2. The summed E-state index contributed by atoms with van der Waals surface area (Å²) in [4.78, 5) is 23.4. The number of carbonyl (C=O) groups excluding carboxylic acids is 1. The minimum Gasteiger partial charge on any atom is -0.485 e. The lowest BCUT2D eigenvalue weighted by molar-refractivity contribution is 0.0948. The number of aromatic amines is 1. The van der Waals surface area contributed by atoms with E-state index in [1.165, 1.54) is 19.3 Å². The highest BCUT2D eigenvalue weighted by Crippen LogP contribution is 2.31. The summed E-state index contributed by atoms with van der Waals surface area (Å²) < 4.78 is 12.2. The van der Waals surface area contributed by atoms with Crippen molar-refractivity contribution in [3.63, 3.8) is 0 Å². The lowest BCUT2D eigenvalue weighted by atomic mass is 10.0. The van der Waals surface area contributed by atoms with Gasteiger partial charge < -0.3 is 24.7 Å². The van der Waals surface area contributed by atoms with E-state index >= 15 is 0 Å². The molecule has 40 heavy (non-hydrogen) atoms. The number of H-pyrrole nitrogens is 1. The first-order chi connectivity index (χ1) is 19.5. The van der Waals surface area contributed by atoms with Crippen LogP contribution in [-0.4, -0.2) is 46.5 Å². The van der Waals surface area contributed by atoms with Gasteiger partial charge in [0.2, 0.25) is 0 Å². The number of amides is 1. The number of likely N-dealkylation sites (tertiary alicyclic amines) is 1. The Labute approximate surface area is 244 Å². The molecule has 1 atom stereocenters. The SMILES string of the molecule is CC1CCCCN1CCCNC(=O)c1ccc(OCc2nc3ccccc3[nH]2)c(OCc2ccc(Cl)cc2Cl)c1. The summed E-state index contributed by atoms with van der Waals surface area (Å²) in [7, 11) is 0. The molecule has 1 saturated heterocycles. The third kappa shape index (κ3) is 7.27. The van der Waals surface area contributed by atoms with Crippen LogP contribution in [-0.2, 0) is 13.2 Å². The van der Waals surface area contributed by atoms with Gasteiger partial charge >= 0.3 is 0 Å². The zero-order chi connectivity index (χ0) is 27.9. The van der Waals surface area contributed by atoms with Crippen molar-refractivity contribution in [2.75, 3.05) is 19.6 Å². The van der Waals surface area contributed by atoms with Gasteiger partial charge in [0.1, 0.15) is 19.0 Å². The molecule has 0 saturated carbocycles. The van der Waals surface area contributed by atoms with Crippen molar-refractivity contribution < 1.29 is 14.3 Å². The van der Waals surface area contributed by atoms with Crippen molar-refractivity contribution in [2.24, 2.45) is 0 Å². The number of para-hydroxylation sites is 2. The maximum Gasteiger partial charge on any atom is 0.251 e. The highest BCUT2D eigenvalue weighted by atomic mass is 35.5. The maximum atomic E-state index is 13.0. The summed E-state index contributed by atoms with van der Waals surface area (Å²) >= 11 is 12.4. The normalized spacial score (nSPS) is 15.7. The molecule has 1 aliphatic rings. The van der Waals surface area contributed by atoms with E-state index < -0.39 is 0 Å². The van der Waals surface area contributed by atoms with Crippen LogP contribution in [0.15, 0.2) is 60.7 Å². The Kier molecular flexibility index (Phi) is 9.47. The number of nitrogens with zero attached hydrogens (tertiary/aromatic N) is 2. The van der Waals surface area contributed by atoms with Crippen LogP contribution in [0.5, 0.6) is 11.5 Å². The molecule has 2 heterocycles. The molecule has 0 spiro atoms. The monoisotopic (exact) mass is 580 g/mol. The zero-order valence-corrected chi connectivity index (χ0v) is 24.1. The number of hydrogen-bond acceptors (Lipinski definition) is 5. The van der Waals surface area contributed by atoms with Crippen LogP contribution in [0.2, 0.25) is 10.0 Å². The second kappa shape index (κ2) is 13.4. The molecule has 210 valence electrons. The Morgan fingerprint density at radius 3 is 2.73 bits per heavy atom. The summed E-state index contributed by atoms with van der Waals surface area (Å²) in [6.07, 6.45) is 4.72. The predicted molar refractivity (Wildman–Crippen MR) is 159 cm³/mol. The van der Waals surface area contributed by atoms with E-state index in [2.05, 4.69) is 27.1 Å². The quantitative estimate of drug-likeness (QED) is 0.186. The molecule has 0 bridgehead atoms. The minimum atomic E-state index is -0.148. The van der Waals surface area contributed by atoms with Gasteiger partial charge in [0.25, 0.3) is 5.91 Å². The summed E-state index contributed by atoms with van der Waals surface area (Å²) in [5.74, 6) is 1.49. The van der Waals surface area contributed by atoms with E-state index in [0.717, 1.165) is 36.1 Å². The molecule has 0 radical (unpaired) electrons. The first kappa shape index (κ1) is 28.3. The Bertz CT molecular complexity index is 1420. The molecule has 7 nitrogen and oxygen atoms in total. The van der Waals surface area contributed by atoms with E-state index in [1.54, 1.807) is 30.3 Å². The zero-order valence-electron chi connectivity index (χ0n) is 22.6.